The summed E-state index contributed by atoms with van der Waals surface area (Å²) in [5.74, 6) is -0.467. The molecule has 0 radical (unpaired) electrons. The molecule has 122 valence electrons. The average molecular weight is 328 g/mol. The minimum atomic E-state index is -0.242. The number of para-hydroxylation sites is 1. The van der Waals surface area contributed by atoms with Gasteiger partial charge in [0, 0.05) is 19.7 Å². The van der Waals surface area contributed by atoms with Crippen LogP contribution in [0.1, 0.15) is 23.7 Å². The number of ether oxygens (including phenoxy) is 1. The van der Waals surface area contributed by atoms with E-state index < -0.39 is 0 Å². The monoisotopic (exact) mass is 327 g/mol. The van der Waals surface area contributed by atoms with E-state index in [-0.39, 0.29) is 36.2 Å². The average Bonchev–Trinajstić information content (AvgIpc) is 3.25. The number of carbonyl (C=O) groups is 2. The third-order valence-electron chi connectivity index (χ3n) is 3.31. The van der Waals surface area contributed by atoms with Gasteiger partial charge in [0.15, 0.2) is 0 Å². The molecule has 6 nitrogen and oxygen atoms in total. The Bertz CT molecular complexity index is 525. The molecule has 0 saturated heterocycles. The van der Waals surface area contributed by atoms with Crippen LogP contribution in [0.2, 0.25) is 0 Å². The van der Waals surface area contributed by atoms with E-state index in [0.717, 1.165) is 6.42 Å². The number of rotatable bonds is 7. The fraction of sp³-hybridized carbons (Fsp3) is 0.467. The topological polar surface area (TPSA) is 93.4 Å². The van der Waals surface area contributed by atoms with Crippen LogP contribution in [-0.2, 0) is 9.53 Å². The predicted octanol–water partition coefficient (Wildman–Crippen LogP) is 1.16. The molecule has 0 spiro atoms. The van der Waals surface area contributed by atoms with Crippen molar-refractivity contribution in [3.8, 4) is 0 Å². The van der Waals surface area contributed by atoms with Crippen LogP contribution in [-0.4, -0.2) is 37.6 Å². The van der Waals surface area contributed by atoms with Crippen LogP contribution in [0, 0.1) is 5.92 Å². The first-order valence-electron chi connectivity index (χ1n) is 7.17. The van der Waals surface area contributed by atoms with Crippen LogP contribution in [0.25, 0.3) is 0 Å². The van der Waals surface area contributed by atoms with Gasteiger partial charge in [0.1, 0.15) is 0 Å². The molecule has 0 aliphatic heterocycles. The lowest BCUT2D eigenvalue weighted by Crippen LogP contribution is -2.30. The maximum absolute atomic E-state index is 12.1. The third kappa shape index (κ3) is 4.69. The highest BCUT2D eigenvalue weighted by atomic mass is 35.5. The van der Waals surface area contributed by atoms with Gasteiger partial charge in [-0.25, -0.2) is 0 Å². The Kier molecular flexibility index (Phi) is 7.31. The van der Waals surface area contributed by atoms with Gasteiger partial charge < -0.3 is 21.1 Å². The van der Waals surface area contributed by atoms with E-state index in [0.29, 0.717) is 30.9 Å². The molecule has 1 aliphatic carbocycles. The normalized spacial score (nSPS) is 19.0. The Morgan fingerprint density at radius 1 is 1.36 bits per heavy atom. The van der Waals surface area contributed by atoms with Crippen LogP contribution in [0.4, 0.5) is 5.69 Å². The molecule has 2 atom stereocenters. The van der Waals surface area contributed by atoms with E-state index in [1.54, 1.807) is 24.3 Å². The zero-order chi connectivity index (χ0) is 15.2. The molecule has 0 aromatic heterocycles. The van der Waals surface area contributed by atoms with Gasteiger partial charge in [0.25, 0.3) is 5.91 Å². The van der Waals surface area contributed by atoms with Crippen LogP contribution in [0.5, 0.6) is 0 Å². The van der Waals surface area contributed by atoms with Crippen LogP contribution in [0.3, 0.4) is 0 Å². The second kappa shape index (κ2) is 8.73. The van der Waals surface area contributed by atoms with E-state index in [2.05, 4.69) is 10.6 Å². The molecule has 1 fully saturated rings. The van der Waals surface area contributed by atoms with E-state index >= 15 is 0 Å². The summed E-state index contributed by atoms with van der Waals surface area (Å²) in [7, 11) is 0. The van der Waals surface area contributed by atoms with Crippen LogP contribution < -0.4 is 16.4 Å². The quantitative estimate of drug-likeness (QED) is 0.700. The first-order chi connectivity index (χ1) is 10.2. The predicted molar refractivity (Wildman–Crippen MR) is 87.2 cm³/mol. The summed E-state index contributed by atoms with van der Waals surface area (Å²) in [5.41, 5.74) is 6.32. The summed E-state index contributed by atoms with van der Waals surface area (Å²) in [6.07, 6.45) is 0.745. The van der Waals surface area contributed by atoms with Gasteiger partial charge in [-0.05, 0) is 25.5 Å². The molecule has 2 unspecified atom stereocenters. The molecule has 22 heavy (non-hydrogen) atoms. The second-order valence-electron chi connectivity index (χ2n) is 4.92. The molecule has 1 aliphatic rings. The standard InChI is InChI=1S/C15H21N3O3.ClH/c1-2-21-13-9-11(13)15(20)18-12-6-4-3-5-10(12)14(19)17-8-7-16;/h3-6,11,13H,2,7-9,16H2,1H3,(H,17,19)(H,18,20);1H. The number of halogens is 1. The zero-order valence-electron chi connectivity index (χ0n) is 12.5. The van der Waals surface area contributed by atoms with Gasteiger partial charge in [-0.1, -0.05) is 12.1 Å². The second-order valence-corrected chi connectivity index (χ2v) is 4.92. The lowest BCUT2D eigenvalue weighted by atomic mass is 10.1. The van der Waals surface area contributed by atoms with Crippen molar-refractivity contribution in [2.45, 2.75) is 19.4 Å². The summed E-state index contributed by atoms with van der Waals surface area (Å²) in [5, 5.41) is 5.50. The highest BCUT2D eigenvalue weighted by Crippen LogP contribution is 2.35. The number of carbonyl (C=O) groups excluding carboxylic acids is 2. The first-order valence-corrected chi connectivity index (χ1v) is 7.17. The SMILES string of the molecule is CCOC1CC1C(=O)Nc1ccccc1C(=O)NCCN.Cl. The summed E-state index contributed by atoms with van der Waals surface area (Å²) in [6.45, 7) is 3.28. The molecule has 7 heteroatoms. The lowest BCUT2D eigenvalue weighted by Gasteiger charge is -2.11. The highest BCUT2D eigenvalue weighted by molar-refractivity contribution is 6.04. The molecule has 1 aromatic carbocycles. The molecular formula is C15H22ClN3O3. The maximum Gasteiger partial charge on any atom is 0.253 e. The Balaban J connectivity index is 0.00000242. The molecule has 1 aromatic rings. The van der Waals surface area contributed by atoms with E-state index in [4.69, 9.17) is 10.5 Å². The van der Waals surface area contributed by atoms with Crippen molar-refractivity contribution in [2.75, 3.05) is 25.0 Å². The van der Waals surface area contributed by atoms with Gasteiger partial charge in [0.05, 0.1) is 23.3 Å². The number of amides is 2. The molecular weight excluding hydrogens is 306 g/mol. The number of nitrogens with two attached hydrogens (primary N) is 1. The van der Waals surface area contributed by atoms with Crippen molar-refractivity contribution < 1.29 is 14.3 Å². The molecule has 0 bridgehead atoms. The number of benzene rings is 1. The third-order valence-corrected chi connectivity index (χ3v) is 3.31. The van der Waals surface area contributed by atoms with Crippen LogP contribution in [0.15, 0.2) is 24.3 Å². The smallest absolute Gasteiger partial charge is 0.253 e. The van der Waals surface area contributed by atoms with Crippen molar-refractivity contribution in [2.24, 2.45) is 11.7 Å². The fourth-order valence-corrected chi connectivity index (χ4v) is 2.14. The maximum atomic E-state index is 12.1. The Labute approximate surface area is 136 Å². The largest absolute Gasteiger partial charge is 0.378 e. The van der Waals surface area contributed by atoms with Crippen molar-refractivity contribution in [1.82, 2.24) is 5.32 Å². The van der Waals surface area contributed by atoms with Crippen molar-refractivity contribution in [1.29, 1.82) is 0 Å². The number of nitrogens with one attached hydrogen (secondary N) is 2. The summed E-state index contributed by atoms with van der Waals surface area (Å²) < 4.78 is 5.40. The van der Waals surface area contributed by atoms with E-state index in [9.17, 15) is 9.59 Å². The van der Waals surface area contributed by atoms with Crippen LogP contribution >= 0.6 is 12.4 Å². The fourth-order valence-electron chi connectivity index (χ4n) is 2.14. The molecule has 2 rings (SSSR count). The number of hydrogen-bond donors (Lipinski definition) is 3. The van der Waals surface area contributed by atoms with Crippen molar-refractivity contribution in [3.63, 3.8) is 0 Å². The molecule has 2 amide bonds. The summed E-state index contributed by atoms with van der Waals surface area (Å²) in [4.78, 5) is 24.1. The molecule has 4 N–H and O–H groups in total. The van der Waals surface area contributed by atoms with Gasteiger partial charge in [-0.15, -0.1) is 12.4 Å². The van der Waals surface area contributed by atoms with Gasteiger partial charge in [0.2, 0.25) is 5.91 Å². The minimum absolute atomic E-state index is 0. The zero-order valence-corrected chi connectivity index (χ0v) is 13.3. The highest BCUT2D eigenvalue weighted by Gasteiger charge is 2.44. The van der Waals surface area contributed by atoms with E-state index in [1.807, 2.05) is 6.92 Å². The summed E-state index contributed by atoms with van der Waals surface area (Å²) >= 11 is 0. The molecule has 1 saturated carbocycles. The van der Waals surface area contributed by atoms with Crippen molar-refractivity contribution in [3.05, 3.63) is 29.8 Å². The minimum Gasteiger partial charge on any atom is -0.378 e. The van der Waals surface area contributed by atoms with Gasteiger partial charge >= 0.3 is 0 Å². The van der Waals surface area contributed by atoms with Gasteiger partial charge in [-0.2, -0.15) is 0 Å². The van der Waals surface area contributed by atoms with Gasteiger partial charge in [-0.3, -0.25) is 9.59 Å². The lowest BCUT2D eigenvalue weighted by molar-refractivity contribution is -0.118. The summed E-state index contributed by atoms with van der Waals surface area (Å²) in [6, 6.07) is 6.93. The first kappa shape index (κ1) is 18.4. The molecule has 0 heterocycles. The number of hydrogen-bond acceptors (Lipinski definition) is 4. The van der Waals surface area contributed by atoms with E-state index in [1.165, 1.54) is 0 Å². The number of anilines is 1. The van der Waals surface area contributed by atoms with Crippen molar-refractivity contribution >= 4 is 29.9 Å². The Hall–Kier alpha value is -1.63. The Morgan fingerprint density at radius 2 is 2.09 bits per heavy atom. The Morgan fingerprint density at radius 3 is 2.77 bits per heavy atom.